The van der Waals surface area contributed by atoms with Crippen molar-refractivity contribution >= 4 is 0 Å². The SMILES string of the molecule is Cc1ccc(F)cc1-c1noc(C2C3CCC(C3)C2N)n1. The number of nitrogens with two attached hydrogens (primary N) is 1. The Balaban J connectivity index is 1.69. The number of aromatic nitrogens is 2. The molecule has 1 heterocycles. The molecular formula is C16H18FN3O. The zero-order valence-electron chi connectivity index (χ0n) is 11.9. The lowest BCUT2D eigenvalue weighted by atomic mass is 9.85. The van der Waals surface area contributed by atoms with Crippen molar-refractivity contribution in [2.45, 2.75) is 38.1 Å². The van der Waals surface area contributed by atoms with Gasteiger partial charge in [0, 0.05) is 11.6 Å². The Hall–Kier alpha value is -1.75. The van der Waals surface area contributed by atoms with E-state index in [-0.39, 0.29) is 17.8 Å². The highest BCUT2D eigenvalue weighted by atomic mass is 19.1. The van der Waals surface area contributed by atoms with Crippen LogP contribution in [0.3, 0.4) is 0 Å². The minimum absolute atomic E-state index is 0.116. The third-order valence-corrected chi connectivity index (χ3v) is 5.15. The van der Waals surface area contributed by atoms with Crippen molar-refractivity contribution < 1.29 is 8.91 Å². The van der Waals surface area contributed by atoms with Gasteiger partial charge >= 0.3 is 0 Å². The molecule has 1 aromatic carbocycles. The molecule has 2 aliphatic carbocycles. The minimum atomic E-state index is -0.293. The molecule has 2 N–H and O–H groups in total. The minimum Gasteiger partial charge on any atom is -0.339 e. The fraction of sp³-hybridized carbons (Fsp3) is 0.500. The smallest absolute Gasteiger partial charge is 0.231 e. The number of halogens is 1. The highest BCUT2D eigenvalue weighted by Gasteiger charge is 2.48. The van der Waals surface area contributed by atoms with Crippen LogP contribution in [-0.2, 0) is 0 Å². The summed E-state index contributed by atoms with van der Waals surface area (Å²) in [6.45, 7) is 1.91. The van der Waals surface area contributed by atoms with Gasteiger partial charge in [-0.2, -0.15) is 4.98 Å². The van der Waals surface area contributed by atoms with Crippen LogP contribution in [0.4, 0.5) is 4.39 Å². The number of rotatable bonds is 2. The van der Waals surface area contributed by atoms with Crippen molar-refractivity contribution in [3.05, 3.63) is 35.5 Å². The second kappa shape index (κ2) is 4.63. The Morgan fingerprint density at radius 2 is 2.10 bits per heavy atom. The Morgan fingerprint density at radius 1 is 1.29 bits per heavy atom. The van der Waals surface area contributed by atoms with Gasteiger partial charge in [-0.25, -0.2) is 4.39 Å². The van der Waals surface area contributed by atoms with Crippen LogP contribution in [0.5, 0.6) is 0 Å². The lowest BCUT2D eigenvalue weighted by molar-refractivity contribution is 0.279. The summed E-state index contributed by atoms with van der Waals surface area (Å²) in [6, 6.07) is 4.73. The molecule has 2 bridgehead atoms. The largest absolute Gasteiger partial charge is 0.339 e. The van der Waals surface area contributed by atoms with Crippen LogP contribution in [0.15, 0.2) is 22.7 Å². The van der Waals surface area contributed by atoms with Gasteiger partial charge in [-0.15, -0.1) is 0 Å². The molecular weight excluding hydrogens is 269 g/mol. The number of aryl methyl sites for hydroxylation is 1. The molecule has 1 aromatic heterocycles. The number of benzene rings is 1. The van der Waals surface area contributed by atoms with Gasteiger partial charge < -0.3 is 10.3 Å². The Bertz CT molecular complexity index is 682. The standard InChI is InChI=1S/C16H18FN3O/c1-8-2-5-11(17)7-12(8)15-19-16(21-20-15)13-9-3-4-10(6-9)14(13)18/h2,5,7,9-10,13-14H,3-4,6,18H2,1H3. The summed E-state index contributed by atoms with van der Waals surface area (Å²) in [5.41, 5.74) is 7.92. The predicted octanol–water partition coefficient (Wildman–Crippen LogP) is 3.02. The molecule has 4 nitrogen and oxygen atoms in total. The van der Waals surface area contributed by atoms with E-state index >= 15 is 0 Å². The normalized spacial score (nSPS) is 31.0. The summed E-state index contributed by atoms with van der Waals surface area (Å²) in [7, 11) is 0. The zero-order chi connectivity index (χ0) is 14.6. The van der Waals surface area contributed by atoms with E-state index in [4.69, 9.17) is 10.3 Å². The second-order valence-electron chi connectivity index (χ2n) is 6.35. The highest BCUT2D eigenvalue weighted by molar-refractivity contribution is 5.59. The number of hydrogen-bond acceptors (Lipinski definition) is 4. The molecule has 4 atom stereocenters. The summed E-state index contributed by atoms with van der Waals surface area (Å²) in [6.07, 6.45) is 3.58. The van der Waals surface area contributed by atoms with Gasteiger partial charge in [0.25, 0.3) is 0 Å². The summed E-state index contributed by atoms with van der Waals surface area (Å²) in [4.78, 5) is 4.51. The third kappa shape index (κ3) is 1.99. The van der Waals surface area contributed by atoms with E-state index < -0.39 is 0 Å². The molecule has 110 valence electrons. The summed E-state index contributed by atoms with van der Waals surface area (Å²) in [5.74, 6) is 2.10. The average molecular weight is 287 g/mol. The van der Waals surface area contributed by atoms with E-state index in [1.807, 2.05) is 6.92 Å². The third-order valence-electron chi connectivity index (χ3n) is 5.15. The first-order valence-corrected chi connectivity index (χ1v) is 7.49. The lowest BCUT2D eigenvalue weighted by Gasteiger charge is -2.24. The van der Waals surface area contributed by atoms with Crippen LogP contribution in [0.1, 0.15) is 36.6 Å². The molecule has 21 heavy (non-hydrogen) atoms. The predicted molar refractivity (Wildman–Crippen MR) is 76.0 cm³/mol. The van der Waals surface area contributed by atoms with Gasteiger partial charge in [-0.1, -0.05) is 11.2 Å². The van der Waals surface area contributed by atoms with Crippen molar-refractivity contribution in [1.82, 2.24) is 10.1 Å². The van der Waals surface area contributed by atoms with Crippen molar-refractivity contribution in [3.63, 3.8) is 0 Å². The highest BCUT2D eigenvalue weighted by Crippen LogP contribution is 2.51. The molecule has 2 aromatic rings. The summed E-state index contributed by atoms with van der Waals surface area (Å²) < 4.78 is 18.9. The van der Waals surface area contributed by atoms with E-state index in [0.29, 0.717) is 29.1 Å². The van der Waals surface area contributed by atoms with Crippen LogP contribution >= 0.6 is 0 Å². The van der Waals surface area contributed by atoms with Crippen molar-refractivity contribution in [2.24, 2.45) is 17.6 Å². The molecule has 4 unspecified atom stereocenters. The molecule has 0 aliphatic heterocycles. The Labute approximate surface area is 122 Å². The fourth-order valence-corrected chi connectivity index (χ4v) is 4.02. The van der Waals surface area contributed by atoms with E-state index in [2.05, 4.69) is 10.1 Å². The molecule has 2 aliphatic rings. The summed E-state index contributed by atoms with van der Waals surface area (Å²) >= 11 is 0. The van der Waals surface area contributed by atoms with Crippen LogP contribution in [0, 0.1) is 24.6 Å². The van der Waals surface area contributed by atoms with E-state index in [0.717, 1.165) is 5.56 Å². The quantitative estimate of drug-likeness (QED) is 0.922. The molecule has 0 saturated heterocycles. The zero-order valence-corrected chi connectivity index (χ0v) is 11.9. The van der Waals surface area contributed by atoms with Crippen LogP contribution in [-0.4, -0.2) is 16.2 Å². The Morgan fingerprint density at radius 3 is 2.86 bits per heavy atom. The van der Waals surface area contributed by atoms with Gasteiger partial charge in [-0.05, 0) is 55.7 Å². The van der Waals surface area contributed by atoms with Gasteiger partial charge in [0.2, 0.25) is 11.7 Å². The summed E-state index contributed by atoms with van der Waals surface area (Å²) in [5, 5.41) is 4.04. The molecule has 2 saturated carbocycles. The van der Waals surface area contributed by atoms with Crippen LogP contribution in [0.2, 0.25) is 0 Å². The van der Waals surface area contributed by atoms with Crippen LogP contribution < -0.4 is 5.73 Å². The number of nitrogens with zero attached hydrogens (tertiary/aromatic N) is 2. The monoisotopic (exact) mass is 287 g/mol. The first-order chi connectivity index (χ1) is 10.1. The van der Waals surface area contributed by atoms with E-state index in [9.17, 15) is 4.39 Å². The topological polar surface area (TPSA) is 64.9 Å². The molecule has 5 heteroatoms. The maximum atomic E-state index is 13.4. The fourth-order valence-electron chi connectivity index (χ4n) is 4.02. The van der Waals surface area contributed by atoms with Crippen LogP contribution in [0.25, 0.3) is 11.4 Å². The van der Waals surface area contributed by atoms with Crippen molar-refractivity contribution in [2.75, 3.05) is 0 Å². The van der Waals surface area contributed by atoms with Crippen molar-refractivity contribution in [3.8, 4) is 11.4 Å². The molecule has 2 fully saturated rings. The first-order valence-electron chi connectivity index (χ1n) is 7.49. The van der Waals surface area contributed by atoms with Gasteiger partial charge in [-0.3, -0.25) is 0 Å². The molecule has 0 radical (unpaired) electrons. The second-order valence-corrected chi connectivity index (χ2v) is 6.35. The lowest BCUT2D eigenvalue weighted by Crippen LogP contribution is -2.34. The van der Waals surface area contributed by atoms with E-state index in [1.54, 1.807) is 6.07 Å². The van der Waals surface area contributed by atoms with E-state index in [1.165, 1.54) is 31.4 Å². The number of fused-ring (bicyclic) bond motifs is 2. The molecule has 0 amide bonds. The first kappa shape index (κ1) is 13.0. The Kier molecular flexibility index (Phi) is 2.85. The molecule has 4 rings (SSSR count). The van der Waals surface area contributed by atoms with Gasteiger partial charge in [0.15, 0.2) is 0 Å². The maximum Gasteiger partial charge on any atom is 0.231 e. The van der Waals surface area contributed by atoms with Crippen molar-refractivity contribution in [1.29, 1.82) is 0 Å². The number of hydrogen-bond donors (Lipinski definition) is 1. The molecule has 0 spiro atoms. The average Bonchev–Trinajstić information content (AvgIpc) is 3.16. The van der Waals surface area contributed by atoms with Gasteiger partial charge in [0.05, 0.1) is 5.92 Å². The maximum absolute atomic E-state index is 13.4. The van der Waals surface area contributed by atoms with Gasteiger partial charge in [0.1, 0.15) is 5.82 Å².